The third kappa shape index (κ3) is 3.99. The molecule has 5 heteroatoms. The first kappa shape index (κ1) is 15.7. The lowest BCUT2D eigenvalue weighted by Crippen LogP contribution is -3.11. The SMILES string of the molecule is CCOC(=O)C1CC[NH+](Cc2cnc(-c3ccccc3)[nH]2)CC1. The Labute approximate surface area is 136 Å². The number of nitrogens with one attached hydrogen (secondary N) is 2. The Kier molecular flexibility index (Phi) is 5.08. The third-order valence-electron chi connectivity index (χ3n) is 4.43. The first-order valence-corrected chi connectivity index (χ1v) is 8.35. The molecule has 3 rings (SSSR count). The smallest absolute Gasteiger partial charge is 0.309 e. The third-order valence-corrected chi connectivity index (χ3v) is 4.43. The minimum absolute atomic E-state index is 0.0283. The topological polar surface area (TPSA) is 59.4 Å². The average Bonchev–Trinajstić information content (AvgIpc) is 3.05. The molecule has 1 aliphatic rings. The van der Waals surface area contributed by atoms with E-state index < -0.39 is 0 Å². The maximum absolute atomic E-state index is 11.8. The number of piperidine rings is 1. The number of imidazole rings is 1. The van der Waals surface area contributed by atoms with Crippen LogP contribution in [0.5, 0.6) is 0 Å². The van der Waals surface area contributed by atoms with E-state index in [0.29, 0.717) is 6.61 Å². The number of carbonyl (C=O) groups is 1. The molecule has 0 aliphatic carbocycles. The van der Waals surface area contributed by atoms with Crippen molar-refractivity contribution < 1.29 is 14.4 Å². The van der Waals surface area contributed by atoms with Crippen LogP contribution in [0.4, 0.5) is 0 Å². The predicted octanol–water partition coefficient (Wildman–Crippen LogP) is 1.43. The number of nitrogens with zero attached hydrogens (tertiary/aromatic N) is 1. The second-order valence-electron chi connectivity index (χ2n) is 6.08. The largest absolute Gasteiger partial charge is 0.466 e. The zero-order chi connectivity index (χ0) is 16.1. The average molecular weight is 314 g/mol. The highest BCUT2D eigenvalue weighted by Crippen LogP contribution is 2.15. The van der Waals surface area contributed by atoms with Gasteiger partial charge in [0, 0.05) is 18.4 Å². The number of ether oxygens (including phenoxy) is 1. The predicted molar refractivity (Wildman–Crippen MR) is 87.8 cm³/mol. The van der Waals surface area contributed by atoms with Crippen molar-refractivity contribution in [2.45, 2.75) is 26.3 Å². The van der Waals surface area contributed by atoms with Gasteiger partial charge < -0.3 is 14.6 Å². The molecule has 0 bridgehead atoms. The van der Waals surface area contributed by atoms with Crippen LogP contribution in [0.15, 0.2) is 36.5 Å². The zero-order valence-corrected chi connectivity index (χ0v) is 13.5. The normalized spacial score (nSPS) is 21.1. The summed E-state index contributed by atoms with van der Waals surface area (Å²) in [5.41, 5.74) is 2.25. The Morgan fingerprint density at radius 2 is 2.04 bits per heavy atom. The number of hydrogen-bond acceptors (Lipinski definition) is 3. The van der Waals surface area contributed by atoms with Crippen LogP contribution in [-0.4, -0.2) is 35.6 Å². The first-order chi connectivity index (χ1) is 11.3. The molecule has 0 amide bonds. The lowest BCUT2D eigenvalue weighted by molar-refractivity contribution is -0.919. The van der Waals surface area contributed by atoms with E-state index >= 15 is 0 Å². The first-order valence-electron chi connectivity index (χ1n) is 8.35. The van der Waals surface area contributed by atoms with Crippen LogP contribution < -0.4 is 4.90 Å². The number of quaternary nitrogens is 1. The number of esters is 1. The molecule has 1 fully saturated rings. The van der Waals surface area contributed by atoms with E-state index in [0.717, 1.165) is 49.6 Å². The number of aromatic amines is 1. The summed E-state index contributed by atoms with van der Waals surface area (Å²) in [6.07, 6.45) is 3.74. The molecule has 1 aliphatic heterocycles. The van der Waals surface area contributed by atoms with Crippen molar-refractivity contribution >= 4 is 5.97 Å². The Bertz CT molecular complexity index is 631. The van der Waals surface area contributed by atoms with E-state index in [-0.39, 0.29) is 11.9 Å². The molecule has 2 aromatic rings. The van der Waals surface area contributed by atoms with Crippen molar-refractivity contribution in [3.8, 4) is 11.4 Å². The lowest BCUT2D eigenvalue weighted by Gasteiger charge is -2.27. The monoisotopic (exact) mass is 314 g/mol. The summed E-state index contributed by atoms with van der Waals surface area (Å²) in [5.74, 6) is 0.973. The van der Waals surface area contributed by atoms with Gasteiger partial charge in [0.1, 0.15) is 12.4 Å². The van der Waals surface area contributed by atoms with E-state index in [1.807, 2.05) is 31.3 Å². The quantitative estimate of drug-likeness (QED) is 0.821. The van der Waals surface area contributed by atoms with E-state index in [1.165, 1.54) is 4.90 Å². The van der Waals surface area contributed by atoms with Crippen LogP contribution in [0.25, 0.3) is 11.4 Å². The molecule has 122 valence electrons. The molecule has 0 atom stereocenters. The fraction of sp³-hybridized carbons (Fsp3) is 0.444. The van der Waals surface area contributed by atoms with E-state index in [9.17, 15) is 4.79 Å². The number of H-pyrrole nitrogens is 1. The highest BCUT2D eigenvalue weighted by Gasteiger charge is 2.28. The molecule has 1 saturated heterocycles. The molecule has 1 aromatic carbocycles. The molecular formula is C18H24N3O2+. The molecule has 0 unspecified atom stereocenters. The fourth-order valence-corrected chi connectivity index (χ4v) is 3.16. The highest BCUT2D eigenvalue weighted by atomic mass is 16.5. The maximum atomic E-state index is 11.8. The summed E-state index contributed by atoms with van der Waals surface area (Å²) < 4.78 is 5.12. The molecule has 23 heavy (non-hydrogen) atoms. The Balaban J connectivity index is 1.53. The van der Waals surface area contributed by atoms with Crippen LogP contribution in [0.2, 0.25) is 0 Å². The van der Waals surface area contributed by atoms with E-state index in [1.54, 1.807) is 0 Å². The molecule has 2 heterocycles. The molecule has 1 aromatic heterocycles. The van der Waals surface area contributed by atoms with Gasteiger partial charge in [-0.15, -0.1) is 0 Å². The van der Waals surface area contributed by atoms with Gasteiger partial charge in [0.25, 0.3) is 0 Å². The van der Waals surface area contributed by atoms with Crippen molar-refractivity contribution in [2.24, 2.45) is 5.92 Å². The summed E-state index contributed by atoms with van der Waals surface area (Å²) in [5, 5.41) is 0. The second kappa shape index (κ2) is 7.42. The molecule has 0 radical (unpaired) electrons. The van der Waals surface area contributed by atoms with Crippen LogP contribution in [0.3, 0.4) is 0 Å². The second-order valence-corrected chi connectivity index (χ2v) is 6.08. The van der Waals surface area contributed by atoms with Gasteiger partial charge in [0.05, 0.1) is 37.5 Å². The van der Waals surface area contributed by atoms with Crippen molar-refractivity contribution in [3.63, 3.8) is 0 Å². The zero-order valence-electron chi connectivity index (χ0n) is 13.5. The van der Waals surface area contributed by atoms with Crippen LogP contribution >= 0.6 is 0 Å². The molecule has 2 N–H and O–H groups in total. The van der Waals surface area contributed by atoms with Gasteiger partial charge in [0.2, 0.25) is 0 Å². The summed E-state index contributed by atoms with van der Waals surface area (Å²) in [7, 11) is 0. The number of aromatic nitrogens is 2. The molecular weight excluding hydrogens is 290 g/mol. The minimum atomic E-state index is -0.0283. The van der Waals surface area contributed by atoms with Gasteiger partial charge >= 0.3 is 5.97 Å². The van der Waals surface area contributed by atoms with Crippen molar-refractivity contribution in [1.82, 2.24) is 9.97 Å². The van der Waals surface area contributed by atoms with Gasteiger partial charge in [-0.2, -0.15) is 0 Å². The number of benzene rings is 1. The Morgan fingerprint density at radius 3 is 2.74 bits per heavy atom. The van der Waals surface area contributed by atoms with Gasteiger partial charge in [-0.25, -0.2) is 4.98 Å². The standard InChI is InChI=1S/C18H23N3O2/c1-2-23-18(22)15-8-10-21(11-9-15)13-16-12-19-17(20-16)14-6-4-3-5-7-14/h3-7,12,15H,2,8-11,13H2,1H3,(H,19,20)/p+1. The van der Waals surface area contributed by atoms with Crippen LogP contribution in [-0.2, 0) is 16.1 Å². The summed E-state index contributed by atoms with van der Waals surface area (Å²) >= 11 is 0. The number of rotatable bonds is 5. The molecule has 0 saturated carbocycles. The van der Waals surface area contributed by atoms with Crippen molar-refractivity contribution in [3.05, 3.63) is 42.2 Å². The molecule has 5 nitrogen and oxygen atoms in total. The number of carbonyl (C=O) groups excluding carboxylic acids is 1. The van der Waals surface area contributed by atoms with Gasteiger partial charge in [-0.05, 0) is 6.92 Å². The Hall–Kier alpha value is -2.14. The number of likely N-dealkylation sites (tertiary alicyclic amines) is 1. The van der Waals surface area contributed by atoms with Gasteiger partial charge in [-0.1, -0.05) is 30.3 Å². The number of hydrogen-bond donors (Lipinski definition) is 2. The van der Waals surface area contributed by atoms with Gasteiger partial charge in [-0.3, -0.25) is 4.79 Å². The Morgan fingerprint density at radius 1 is 1.30 bits per heavy atom. The lowest BCUT2D eigenvalue weighted by atomic mass is 9.97. The highest BCUT2D eigenvalue weighted by molar-refractivity contribution is 5.72. The summed E-state index contributed by atoms with van der Waals surface area (Å²) in [6, 6.07) is 10.2. The van der Waals surface area contributed by atoms with E-state index in [4.69, 9.17) is 4.74 Å². The summed E-state index contributed by atoms with van der Waals surface area (Å²) in [4.78, 5) is 21.2. The van der Waals surface area contributed by atoms with Gasteiger partial charge in [0.15, 0.2) is 0 Å². The maximum Gasteiger partial charge on any atom is 0.309 e. The van der Waals surface area contributed by atoms with E-state index in [2.05, 4.69) is 22.1 Å². The van der Waals surface area contributed by atoms with Crippen LogP contribution in [0, 0.1) is 5.92 Å². The van der Waals surface area contributed by atoms with Crippen molar-refractivity contribution in [2.75, 3.05) is 19.7 Å². The minimum Gasteiger partial charge on any atom is -0.466 e. The van der Waals surface area contributed by atoms with Crippen LogP contribution in [0.1, 0.15) is 25.5 Å². The fourth-order valence-electron chi connectivity index (χ4n) is 3.16. The molecule has 0 spiro atoms. The van der Waals surface area contributed by atoms with Crippen molar-refractivity contribution in [1.29, 1.82) is 0 Å². The summed E-state index contributed by atoms with van der Waals surface area (Å²) in [6.45, 7) is 5.27.